The van der Waals surface area contributed by atoms with Crippen LogP contribution >= 0.6 is 0 Å². The molecule has 1 aliphatic rings. The topological polar surface area (TPSA) is 49.8 Å². The molecule has 2 N–H and O–H groups in total. The van der Waals surface area contributed by atoms with Crippen LogP contribution in [0.15, 0.2) is 6.07 Å². The molecule has 17 heavy (non-hydrogen) atoms. The molecule has 0 unspecified atom stereocenters. The number of rotatable bonds is 5. The third-order valence-corrected chi connectivity index (χ3v) is 3.23. The number of nitrogens with zero attached hydrogens (tertiary/aromatic N) is 2. The van der Waals surface area contributed by atoms with E-state index in [1.807, 2.05) is 13.1 Å². The van der Waals surface area contributed by atoms with E-state index in [9.17, 15) is 0 Å². The molecule has 0 spiro atoms. The summed E-state index contributed by atoms with van der Waals surface area (Å²) < 4.78 is 0. The molecule has 1 aliphatic carbocycles. The summed E-state index contributed by atoms with van der Waals surface area (Å²) >= 11 is 0. The maximum Gasteiger partial charge on any atom is 0.133 e. The van der Waals surface area contributed by atoms with E-state index >= 15 is 0 Å². The van der Waals surface area contributed by atoms with Crippen molar-refractivity contribution in [2.45, 2.75) is 45.6 Å². The fraction of sp³-hybridized carbons (Fsp3) is 0.692. The van der Waals surface area contributed by atoms with Crippen LogP contribution in [0.25, 0.3) is 0 Å². The number of nitrogens with one attached hydrogen (secondary N) is 2. The summed E-state index contributed by atoms with van der Waals surface area (Å²) in [5.41, 5.74) is 0. The first-order valence-corrected chi connectivity index (χ1v) is 6.53. The Kier molecular flexibility index (Phi) is 3.82. The third-order valence-electron chi connectivity index (χ3n) is 3.23. The molecule has 94 valence electrons. The second-order valence-electron chi connectivity index (χ2n) is 4.97. The summed E-state index contributed by atoms with van der Waals surface area (Å²) in [4.78, 5) is 9.00. The van der Waals surface area contributed by atoms with Gasteiger partial charge in [-0.3, -0.25) is 0 Å². The van der Waals surface area contributed by atoms with Crippen LogP contribution in [-0.4, -0.2) is 23.1 Å². The second-order valence-corrected chi connectivity index (χ2v) is 4.97. The molecule has 4 nitrogen and oxygen atoms in total. The van der Waals surface area contributed by atoms with Crippen molar-refractivity contribution in [1.82, 2.24) is 9.97 Å². The van der Waals surface area contributed by atoms with Crippen molar-refractivity contribution in [2.24, 2.45) is 5.92 Å². The minimum Gasteiger partial charge on any atom is -0.373 e. The maximum atomic E-state index is 4.56. The number of aryl methyl sites for hydroxylation is 1. The van der Waals surface area contributed by atoms with E-state index in [0.717, 1.165) is 36.2 Å². The van der Waals surface area contributed by atoms with Gasteiger partial charge in [-0.2, -0.15) is 0 Å². The zero-order chi connectivity index (χ0) is 12.3. The van der Waals surface area contributed by atoms with Gasteiger partial charge in [0, 0.05) is 25.6 Å². The van der Waals surface area contributed by atoms with E-state index in [2.05, 4.69) is 34.4 Å². The number of hydrogen-bond acceptors (Lipinski definition) is 4. The van der Waals surface area contributed by atoms with Crippen molar-refractivity contribution in [3.8, 4) is 0 Å². The van der Waals surface area contributed by atoms with Crippen molar-refractivity contribution in [1.29, 1.82) is 0 Å². The molecule has 4 heteroatoms. The largest absolute Gasteiger partial charge is 0.373 e. The molecule has 0 aromatic carbocycles. The molecule has 0 bridgehead atoms. The molecule has 0 atom stereocenters. The molecule has 1 fully saturated rings. The zero-order valence-electron chi connectivity index (χ0n) is 11.0. The summed E-state index contributed by atoms with van der Waals surface area (Å²) in [6.45, 7) is 4.44. The highest BCUT2D eigenvalue weighted by Gasteiger charge is 2.25. The molecule has 0 aliphatic heterocycles. The Morgan fingerprint density at radius 1 is 1.29 bits per heavy atom. The fourth-order valence-electron chi connectivity index (χ4n) is 2.26. The lowest BCUT2D eigenvalue weighted by Crippen LogP contribution is -2.34. The average molecular weight is 234 g/mol. The van der Waals surface area contributed by atoms with E-state index in [1.165, 1.54) is 12.8 Å². The van der Waals surface area contributed by atoms with Gasteiger partial charge in [0.15, 0.2) is 0 Å². The predicted octanol–water partition coefficient (Wildman–Crippen LogP) is 2.68. The molecular formula is C13H22N4. The first-order valence-electron chi connectivity index (χ1n) is 6.53. The van der Waals surface area contributed by atoms with Gasteiger partial charge in [-0.25, -0.2) is 9.97 Å². The van der Waals surface area contributed by atoms with Crippen LogP contribution in [0.2, 0.25) is 0 Å². The van der Waals surface area contributed by atoms with Crippen molar-refractivity contribution in [3.63, 3.8) is 0 Å². The van der Waals surface area contributed by atoms with Gasteiger partial charge in [-0.1, -0.05) is 13.8 Å². The van der Waals surface area contributed by atoms with Crippen molar-refractivity contribution in [3.05, 3.63) is 11.9 Å². The van der Waals surface area contributed by atoms with E-state index in [4.69, 9.17) is 0 Å². The number of anilines is 2. The number of aromatic nitrogens is 2. The molecule has 1 aromatic heterocycles. The summed E-state index contributed by atoms with van der Waals surface area (Å²) in [5.74, 6) is 3.64. The van der Waals surface area contributed by atoms with E-state index in [1.54, 1.807) is 0 Å². The van der Waals surface area contributed by atoms with Gasteiger partial charge in [0.25, 0.3) is 0 Å². The van der Waals surface area contributed by atoms with Gasteiger partial charge >= 0.3 is 0 Å². The summed E-state index contributed by atoms with van der Waals surface area (Å²) in [5, 5.41) is 6.58. The van der Waals surface area contributed by atoms with Gasteiger partial charge < -0.3 is 10.6 Å². The first-order chi connectivity index (χ1) is 8.21. The minimum atomic E-state index is 0.596. The van der Waals surface area contributed by atoms with Gasteiger partial charge in [0.1, 0.15) is 17.5 Å². The highest BCUT2D eigenvalue weighted by Crippen LogP contribution is 2.29. The van der Waals surface area contributed by atoms with Crippen LogP contribution in [0.4, 0.5) is 11.6 Å². The average Bonchev–Trinajstić information content (AvgIpc) is 2.27. The monoisotopic (exact) mass is 234 g/mol. The normalized spacial score (nSPS) is 23.0. The van der Waals surface area contributed by atoms with Gasteiger partial charge in [0.2, 0.25) is 0 Å². The van der Waals surface area contributed by atoms with Gasteiger partial charge in [-0.15, -0.1) is 0 Å². The Labute approximate surface area is 103 Å². The molecule has 1 aromatic rings. The van der Waals surface area contributed by atoms with Crippen LogP contribution in [-0.2, 0) is 6.42 Å². The van der Waals surface area contributed by atoms with Crippen LogP contribution in [0.1, 0.15) is 38.9 Å². The maximum absolute atomic E-state index is 4.56. The smallest absolute Gasteiger partial charge is 0.133 e. The van der Waals surface area contributed by atoms with E-state index < -0.39 is 0 Å². The summed E-state index contributed by atoms with van der Waals surface area (Å²) in [7, 11) is 1.90. The molecule has 0 amide bonds. The van der Waals surface area contributed by atoms with Crippen molar-refractivity contribution >= 4 is 11.6 Å². The lowest BCUT2D eigenvalue weighted by Gasteiger charge is -2.33. The van der Waals surface area contributed by atoms with Crippen molar-refractivity contribution < 1.29 is 0 Å². The molecule has 2 rings (SSSR count). The molecule has 1 saturated carbocycles. The standard InChI is InChI=1S/C13H22N4/c1-4-5-11-16-12(14-3)8-13(17-11)15-10-6-9(2)7-10/h8-10H,4-7H2,1-3H3,(H2,14,15,16,17). The van der Waals surface area contributed by atoms with Gasteiger partial charge in [0.05, 0.1) is 0 Å². The fourth-order valence-corrected chi connectivity index (χ4v) is 2.26. The molecule has 0 saturated heterocycles. The molecule has 1 heterocycles. The zero-order valence-corrected chi connectivity index (χ0v) is 11.0. The minimum absolute atomic E-state index is 0.596. The lowest BCUT2D eigenvalue weighted by atomic mass is 9.82. The Morgan fingerprint density at radius 2 is 2.00 bits per heavy atom. The van der Waals surface area contributed by atoms with Crippen LogP contribution in [0.3, 0.4) is 0 Å². The number of hydrogen-bond donors (Lipinski definition) is 2. The predicted molar refractivity (Wildman–Crippen MR) is 71.4 cm³/mol. The van der Waals surface area contributed by atoms with Crippen molar-refractivity contribution in [2.75, 3.05) is 17.7 Å². The van der Waals surface area contributed by atoms with Crippen LogP contribution in [0, 0.1) is 5.92 Å². The van der Waals surface area contributed by atoms with Gasteiger partial charge in [-0.05, 0) is 25.2 Å². The lowest BCUT2D eigenvalue weighted by molar-refractivity contribution is 0.308. The quantitative estimate of drug-likeness (QED) is 0.822. The first kappa shape index (κ1) is 12.1. The Bertz CT molecular complexity index is 372. The highest BCUT2D eigenvalue weighted by atomic mass is 15.1. The Morgan fingerprint density at radius 3 is 2.59 bits per heavy atom. The van der Waals surface area contributed by atoms with Crippen LogP contribution in [0.5, 0.6) is 0 Å². The molecular weight excluding hydrogens is 212 g/mol. The second kappa shape index (κ2) is 5.34. The Balaban J connectivity index is 2.06. The third kappa shape index (κ3) is 3.08. The SMILES string of the molecule is CCCc1nc(NC)cc(NC2CC(C)C2)n1. The highest BCUT2D eigenvalue weighted by molar-refractivity contribution is 5.48. The summed E-state index contributed by atoms with van der Waals surface area (Å²) in [6, 6.07) is 2.58. The Hall–Kier alpha value is -1.32. The molecule has 0 radical (unpaired) electrons. The van der Waals surface area contributed by atoms with E-state index in [0.29, 0.717) is 6.04 Å². The van der Waals surface area contributed by atoms with Crippen LogP contribution < -0.4 is 10.6 Å². The van der Waals surface area contributed by atoms with E-state index in [-0.39, 0.29) is 0 Å². The summed E-state index contributed by atoms with van der Waals surface area (Å²) in [6.07, 6.45) is 4.52.